The van der Waals surface area contributed by atoms with Crippen LogP contribution in [0.25, 0.3) is 22.3 Å². The third-order valence-electron chi connectivity index (χ3n) is 6.49. The van der Waals surface area contributed by atoms with E-state index >= 15 is 0 Å². The van der Waals surface area contributed by atoms with E-state index in [-0.39, 0.29) is 23.5 Å². The molecule has 0 fully saturated rings. The zero-order chi connectivity index (χ0) is 35.8. The molecule has 1 aromatic heterocycles. The molecule has 0 aliphatic carbocycles. The molecule has 0 aliphatic rings. The summed E-state index contributed by atoms with van der Waals surface area (Å²) in [6.07, 6.45) is -19.6. The van der Waals surface area contributed by atoms with Crippen LogP contribution in [0, 0.1) is 0 Å². The van der Waals surface area contributed by atoms with Gasteiger partial charge in [0.2, 0.25) is 0 Å². The van der Waals surface area contributed by atoms with E-state index in [4.69, 9.17) is 15.9 Å². The molecule has 2 aromatic carbocycles. The second kappa shape index (κ2) is 16.5. The molecule has 4 N–H and O–H groups in total. The summed E-state index contributed by atoms with van der Waals surface area (Å²) in [4.78, 5) is 11.6. The highest BCUT2D eigenvalue weighted by Gasteiger charge is 2.51. The predicted molar refractivity (Wildman–Crippen MR) is 157 cm³/mol. The molecule has 3 rings (SSSR count). The number of nitrogens with two attached hydrogens (primary N) is 2. The van der Waals surface area contributed by atoms with E-state index in [2.05, 4.69) is 18.9 Å². The van der Waals surface area contributed by atoms with Crippen LogP contribution >= 0.6 is 11.8 Å². The monoisotopic (exact) mass is 720 g/mol. The van der Waals surface area contributed by atoms with Gasteiger partial charge in [-0.3, -0.25) is 4.79 Å². The summed E-state index contributed by atoms with van der Waals surface area (Å²) >= 11 is 0.752. The molecule has 0 radical (unpaired) electrons. The number of unbranched alkanes of at least 4 members (excludes halogenated alkanes) is 2. The van der Waals surface area contributed by atoms with Crippen LogP contribution in [-0.2, 0) is 25.4 Å². The molecule has 1 atom stereocenters. The van der Waals surface area contributed by atoms with Crippen molar-refractivity contribution in [1.29, 1.82) is 0 Å². The average molecular weight is 721 g/mol. The van der Waals surface area contributed by atoms with Crippen LogP contribution in [0.5, 0.6) is 5.75 Å². The fourth-order valence-electron chi connectivity index (χ4n) is 4.18. The van der Waals surface area contributed by atoms with Crippen LogP contribution in [0.1, 0.15) is 44.6 Å². The van der Waals surface area contributed by atoms with Crippen molar-refractivity contribution < 1.29 is 67.7 Å². The molecular formula is C30H33F9N2O6S. The Balaban J connectivity index is 1.61. The summed E-state index contributed by atoms with van der Waals surface area (Å²) in [6.45, 7) is 0.498. The van der Waals surface area contributed by atoms with Gasteiger partial charge in [0.15, 0.2) is 0 Å². The van der Waals surface area contributed by atoms with E-state index in [1.807, 2.05) is 6.92 Å². The van der Waals surface area contributed by atoms with Gasteiger partial charge in [0.05, 0.1) is 18.6 Å². The van der Waals surface area contributed by atoms with Crippen molar-refractivity contribution in [2.45, 2.75) is 81.3 Å². The highest BCUT2D eigenvalue weighted by atomic mass is 32.2. The summed E-state index contributed by atoms with van der Waals surface area (Å²) < 4.78 is 144. The van der Waals surface area contributed by atoms with Gasteiger partial charge in [0.25, 0.3) is 0 Å². The molecule has 8 nitrogen and oxygen atoms in total. The maximum absolute atomic E-state index is 14.2. The Morgan fingerprint density at radius 3 is 2.25 bits per heavy atom. The summed E-state index contributed by atoms with van der Waals surface area (Å²) in [5.41, 5.74) is 11.2. The number of benzene rings is 2. The van der Waals surface area contributed by atoms with E-state index in [1.165, 1.54) is 36.4 Å². The lowest BCUT2D eigenvalue weighted by molar-refractivity contribution is -0.514. The number of carbonyl (C=O) groups excluding carboxylic acids is 1. The second-order valence-electron chi connectivity index (χ2n) is 10.4. The largest absolute Gasteiger partial charge is 0.573 e. The van der Waals surface area contributed by atoms with Gasteiger partial charge >= 0.3 is 30.8 Å². The summed E-state index contributed by atoms with van der Waals surface area (Å²) in [7, 11) is 0. The number of hydrogen-bond donors (Lipinski definition) is 2. The quantitative estimate of drug-likeness (QED) is 0.0415. The summed E-state index contributed by atoms with van der Waals surface area (Å²) in [5, 5.41) is 0.461. The number of halogens is 9. The number of hydrogen-bond acceptors (Lipinski definition) is 9. The maximum atomic E-state index is 14.2. The minimum atomic E-state index is -5.43. The first-order chi connectivity index (χ1) is 22.3. The van der Waals surface area contributed by atoms with Crippen LogP contribution < -0.4 is 16.2 Å². The number of thioether (sulfide) groups is 1. The third-order valence-corrected chi connectivity index (χ3v) is 7.49. The van der Waals surface area contributed by atoms with Crippen molar-refractivity contribution in [1.82, 2.24) is 0 Å². The molecule has 0 amide bonds. The van der Waals surface area contributed by atoms with Crippen LogP contribution in [0.2, 0.25) is 0 Å². The highest BCUT2D eigenvalue weighted by molar-refractivity contribution is 7.99. The number of alkyl halides is 9. The number of carbonyl (C=O) groups is 1. The Kier molecular flexibility index (Phi) is 13.5. The lowest BCUT2D eigenvalue weighted by atomic mass is 10.0. The number of fused-ring (bicyclic) bond motifs is 1. The Morgan fingerprint density at radius 2 is 1.60 bits per heavy atom. The molecule has 1 unspecified atom stereocenters. The van der Waals surface area contributed by atoms with E-state index in [9.17, 15) is 44.3 Å². The predicted octanol–water partition coefficient (Wildman–Crippen LogP) is 8.20. The van der Waals surface area contributed by atoms with E-state index < -0.39 is 67.8 Å². The Labute approximate surface area is 273 Å². The molecule has 0 aliphatic heterocycles. The van der Waals surface area contributed by atoms with Crippen molar-refractivity contribution >= 4 is 28.7 Å². The molecule has 1 heterocycles. The maximum Gasteiger partial charge on any atom is 0.573 e. The van der Waals surface area contributed by atoms with E-state index in [0.29, 0.717) is 22.3 Å². The number of ether oxygens (including phenoxy) is 4. The lowest BCUT2D eigenvalue weighted by Crippen LogP contribution is -2.42. The Morgan fingerprint density at radius 1 is 0.917 bits per heavy atom. The number of esters is 1. The van der Waals surface area contributed by atoms with Gasteiger partial charge in [-0.2, -0.15) is 17.6 Å². The van der Waals surface area contributed by atoms with E-state index in [0.717, 1.165) is 31.0 Å². The Hall–Kier alpha value is -3.19. The third kappa shape index (κ3) is 12.7. The molecule has 268 valence electrons. The molecule has 48 heavy (non-hydrogen) atoms. The number of rotatable bonds is 19. The van der Waals surface area contributed by atoms with Crippen molar-refractivity contribution in [2.24, 2.45) is 11.5 Å². The Bertz CT molecular complexity index is 1500. The normalized spacial score (nSPS) is 13.6. The van der Waals surface area contributed by atoms with Gasteiger partial charge in [-0.15, -0.1) is 33.7 Å². The van der Waals surface area contributed by atoms with Crippen molar-refractivity contribution in [3.05, 3.63) is 48.0 Å². The first kappa shape index (κ1) is 39.3. The fourth-order valence-corrected chi connectivity index (χ4v) is 5.11. The molecule has 0 saturated carbocycles. The molecule has 0 saturated heterocycles. The first-order valence-electron chi connectivity index (χ1n) is 14.5. The smallest absolute Gasteiger partial charge is 0.464 e. The van der Waals surface area contributed by atoms with Gasteiger partial charge in [-0.25, -0.2) is 9.47 Å². The molecule has 18 heteroatoms. The molecular weight excluding hydrogens is 687 g/mol. The van der Waals surface area contributed by atoms with E-state index in [1.54, 1.807) is 6.07 Å². The van der Waals surface area contributed by atoms with Crippen LogP contribution in [0.3, 0.4) is 0 Å². The number of aryl methyl sites for hydroxylation is 1. The first-order valence-corrected chi connectivity index (χ1v) is 15.5. The standard InChI is InChI=1S/C30H33F9N2O6S/c1-2-3-4-5-18-6-9-21(25(14-18)45-29(35,36)37)24-15-19-7-8-20(16-23(19)44-24)48-13-11-28(33,34)47-30(38,39)46-27(31,32)10-12-43-26(42)22(41)17-40/h6-9,14-16,22H,2-5,10-13,17,40-41H2,1H3. The van der Waals surface area contributed by atoms with Crippen LogP contribution in [0.15, 0.2) is 51.8 Å². The average Bonchev–Trinajstić information content (AvgIpc) is 3.37. The molecule has 0 bridgehead atoms. The zero-order valence-electron chi connectivity index (χ0n) is 25.4. The van der Waals surface area contributed by atoms with Crippen LogP contribution in [-0.4, -0.2) is 55.8 Å². The van der Waals surface area contributed by atoms with Crippen molar-refractivity contribution in [3.63, 3.8) is 0 Å². The van der Waals surface area contributed by atoms with Gasteiger partial charge in [0.1, 0.15) is 23.1 Å². The number of furan rings is 1. The minimum Gasteiger partial charge on any atom is -0.464 e. The minimum absolute atomic E-state index is 0.0271. The molecule has 3 aromatic rings. The van der Waals surface area contributed by atoms with Gasteiger partial charge < -0.3 is 25.4 Å². The van der Waals surface area contributed by atoms with Gasteiger partial charge in [-0.1, -0.05) is 25.8 Å². The lowest BCUT2D eigenvalue weighted by Gasteiger charge is -2.26. The molecule has 0 spiro atoms. The topological polar surface area (TPSA) is 119 Å². The van der Waals surface area contributed by atoms with Crippen LogP contribution in [0.4, 0.5) is 39.5 Å². The zero-order valence-corrected chi connectivity index (χ0v) is 26.2. The summed E-state index contributed by atoms with van der Waals surface area (Å²) in [5.74, 6) is -2.14. The second-order valence-corrected chi connectivity index (χ2v) is 11.6. The van der Waals surface area contributed by atoms with Gasteiger partial charge in [0, 0.05) is 29.0 Å². The van der Waals surface area contributed by atoms with Crippen molar-refractivity contribution in [3.8, 4) is 17.1 Å². The van der Waals surface area contributed by atoms with Gasteiger partial charge in [-0.05, 0) is 54.8 Å². The van der Waals surface area contributed by atoms with Crippen molar-refractivity contribution in [2.75, 3.05) is 18.9 Å². The SMILES string of the molecule is CCCCCc1ccc(-c2cc3ccc(SCCC(F)(F)OC(F)(F)OC(F)(F)CCOC(=O)C(N)CN)cc3o2)c(OC(F)(F)F)c1. The summed E-state index contributed by atoms with van der Waals surface area (Å²) in [6, 6.07) is 8.92. The fraction of sp³-hybridized carbons (Fsp3) is 0.500. The highest BCUT2D eigenvalue weighted by Crippen LogP contribution is 2.40.